The summed E-state index contributed by atoms with van der Waals surface area (Å²) in [4.78, 5) is 62.8. The number of benzene rings is 3. The SMILES string of the molecule is C[C@@H]1[C@@H](c2ccccc2)OC(=O)[C@@H]2[C@H]3O[C@@]4(C=C3Br)[C@H](C(=O)N(c3ccc5ccccc5c3)C/C=C\CCC(=O)N1C)N(CCCCCO)C(=O)[C@@H]24. The van der Waals surface area contributed by atoms with E-state index < -0.39 is 47.7 Å². The number of unbranched alkanes of at least 4 members (excludes halogenated alkanes) is 2. The number of ether oxygens (including phenoxy) is 2. The predicted octanol–water partition coefficient (Wildman–Crippen LogP) is 5.69. The molecule has 2 saturated heterocycles. The number of aliphatic hydroxyl groups excluding tert-OH is 1. The molecule has 0 saturated carbocycles. The lowest BCUT2D eigenvalue weighted by Gasteiger charge is -2.36. The molecule has 10 nitrogen and oxygen atoms in total. The Bertz CT molecular complexity index is 1920. The molecular formula is C41H44BrN3O7. The molecule has 7 atom stereocenters. The maximum Gasteiger partial charge on any atom is 0.313 e. The second-order valence-corrected chi connectivity index (χ2v) is 15.1. The monoisotopic (exact) mass is 769 g/mol. The summed E-state index contributed by atoms with van der Waals surface area (Å²) in [6.07, 6.45) is 6.42. The second-order valence-electron chi connectivity index (χ2n) is 14.1. The molecule has 4 aliphatic rings. The van der Waals surface area contributed by atoms with E-state index in [0.29, 0.717) is 35.9 Å². The van der Waals surface area contributed by atoms with E-state index in [2.05, 4.69) is 15.9 Å². The fraction of sp³-hybridized carbons (Fsp3) is 0.415. The van der Waals surface area contributed by atoms with Crippen molar-refractivity contribution in [2.24, 2.45) is 11.8 Å². The number of esters is 1. The van der Waals surface area contributed by atoms with Gasteiger partial charge in [0, 0.05) is 43.3 Å². The summed E-state index contributed by atoms with van der Waals surface area (Å²) in [5.41, 5.74) is -0.0524. The van der Waals surface area contributed by atoms with Crippen LogP contribution in [-0.2, 0) is 28.7 Å². The number of cyclic esters (lactones) is 1. The summed E-state index contributed by atoms with van der Waals surface area (Å²) in [6.45, 7) is 2.33. The summed E-state index contributed by atoms with van der Waals surface area (Å²) < 4.78 is 13.7. The van der Waals surface area contributed by atoms with E-state index >= 15 is 4.79 Å². The standard InChI is InChI=1S/C41H44BrN3O7/c1-26-35(28-15-6-3-7-16-28)51-40(50)33-34-38(48)45(22-12-5-13-23-46)37(41(34)25-31(42)36(33)52-41)39(49)44(21-11-4-8-18-32(47)43(26)2)30-20-19-27-14-9-10-17-29(27)24-30/h3-4,6-7,9-11,14-17,19-20,24-26,33-37,46H,5,8,12-13,18,21-23H2,1-2H3/b11-4-/t26-,33+,34-,35+,36+,37+,41-/m1/s1. The van der Waals surface area contributed by atoms with Crippen molar-refractivity contribution in [3.05, 3.63) is 101 Å². The van der Waals surface area contributed by atoms with Crippen LogP contribution >= 0.6 is 15.9 Å². The number of nitrogens with zero attached hydrogens (tertiary/aromatic N) is 3. The first-order valence-electron chi connectivity index (χ1n) is 18.1. The van der Waals surface area contributed by atoms with Crippen LogP contribution in [0, 0.1) is 11.8 Å². The van der Waals surface area contributed by atoms with E-state index in [9.17, 15) is 19.5 Å². The fourth-order valence-electron chi connectivity index (χ4n) is 8.29. The quantitative estimate of drug-likeness (QED) is 0.187. The Morgan fingerprint density at radius 1 is 0.885 bits per heavy atom. The molecule has 3 aromatic carbocycles. The van der Waals surface area contributed by atoms with Crippen molar-refractivity contribution in [3.8, 4) is 0 Å². The lowest BCUT2D eigenvalue weighted by Crippen LogP contribution is -2.56. The van der Waals surface area contributed by atoms with Crippen molar-refractivity contribution in [1.29, 1.82) is 0 Å². The molecule has 3 aromatic rings. The van der Waals surface area contributed by atoms with Crippen molar-refractivity contribution >= 4 is 56.1 Å². The van der Waals surface area contributed by atoms with Crippen LogP contribution in [0.5, 0.6) is 0 Å². The smallest absolute Gasteiger partial charge is 0.313 e. The van der Waals surface area contributed by atoms with Crippen LogP contribution in [0.15, 0.2) is 95.5 Å². The Hall–Kier alpha value is -4.32. The number of hydrogen-bond donors (Lipinski definition) is 1. The van der Waals surface area contributed by atoms with Crippen LogP contribution in [0.25, 0.3) is 10.8 Å². The highest BCUT2D eigenvalue weighted by Crippen LogP contribution is 2.59. The van der Waals surface area contributed by atoms with Crippen molar-refractivity contribution in [2.45, 2.75) is 68.9 Å². The highest BCUT2D eigenvalue weighted by molar-refractivity contribution is 9.11. The van der Waals surface area contributed by atoms with Gasteiger partial charge in [-0.25, -0.2) is 0 Å². The van der Waals surface area contributed by atoms with Crippen LogP contribution in [0.4, 0.5) is 5.69 Å². The minimum Gasteiger partial charge on any atom is -0.455 e. The molecule has 0 radical (unpaired) electrons. The van der Waals surface area contributed by atoms with Gasteiger partial charge in [-0.05, 0) is 67.2 Å². The van der Waals surface area contributed by atoms with Crippen molar-refractivity contribution in [1.82, 2.24) is 9.80 Å². The topological polar surface area (TPSA) is 117 Å². The molecule has 0 aromatic heterocycles. The third kappa shape index (κ3) is 6.37. The van der Waals surface area contributed by atoms with Gasteiger partial charge >= 0.3 is 5.97 Å². The van der Waals surface area contributed by atoms with Crippen LogP contribution in [0.2, 0.25) is 0 Å². The lowest BCUT2D eigenvalue weighted by molar-refractivity contribution is -0.164. The number of halogens is 1. The van der Waals surface area contributed by atoms with Crippen LogP contribution in [0.3, 0.4) is 0 Å². The molecular weight excluding hydrogens is 726 g/mol. The van der Waals surface area contributed by atoms with Gasteiger partial charge < -0.3 is 29.3 Å². The number of amides is 3. The summed E-state index contributed by atoms with van der Waals surface area (Å²) in [7, 11) is 1.71. The largest absolute Gasteiger partial charge is 0.455 e. The Labute approximate surface area is 312 Å². The van der Waals surface area contributed by atoms with E-state index in [1.165, 1.54) is 0 Å². The zero-order chi connectivity index (χ0) is 36.6. The summed E-state index contributed by atoms with van der Waals surface area (Å²) in [6, 6.07) is 21.4. The number of aliphatic hydroxyl groups is 1. The van der Waals surface area contributed by atoms with Gasteiger partial charge in [-0.1, -0.05) is 88.7 Å². The minimum atomic E-state index is -1.42. The van der Waals surface area contributed by atoms with Crippen LogP contribution < -0.4 is 4.90 Å². The summed E-state index contributed by atoms with van der Waals surface area (Å²) in [5, 5.41) is 11.4. The van der Waals surface area contributed by atoms with Gasteiger partial charge in [-0.15, -0.1) is 0 Å². The minimum absolute atomic E-state index is 0.0289. The molecule has 1 spiro atoms. The number of fused-ring (bicyclic) bond motifs is 3. The Balaban J connectivity index is 1.34. The molecule has 5 bridgehead atoms. The van der Waals surface area contributed by atoms with Crippen molar-refractivity contribution < 1.29 is 33.8 Å². The van der Waals surface area contributed by atoms with Crippen molar-refractivity contribution in [3.63, 3.8) is 0 Å². The lowest BCUT2D eigenvalue weighted by atomic mass is 9.74. The predicted molar refractivity (Wildman–Crippen MR) is 200 cm³/mol. The maximum atomic E-state index is 15.2. The zero-order valence-electron chi connectivity index (χ0n) is 29.4. The number of carbonyl (C=O) groups is 4. The zero-order valence-corrected chi connectivity index (χ0v) is 31.0. The molecule has 0 aliphatic carbocycles. The normalized spacial score (nSPS) is 30.2. The van der Waals surface area contributed by atoms with Crippen LogP contribution in [0.1, 0.15) is 50.7 Å². The second kappa shape index (κ2) is 15.0. The fourth-order valence-corrected chi connectivity index (χ4v) is 9.03. The van der Waals surface area contributed by atoms with E-state index in [-0.39, 0.29) is 43.8 Å². The van der Waals surface area contributed by atoms with E-state index in [0.717, 1.165) is 16.3 Å². The third-order valence-corrected chi connectivity index (χ3v) is 11.8. The molecule has 0 unspecified atom stereocenters. The van der Waals surface area contributed by atoms with Crippen molar-refractivity contribution in [2.75, 3.05) is 31.6 Å². The first-order chi connectivity index (χ1) is 25.2. The Morgan fingerprint density at radius 3 is 2.40 bits per heavy atom. The molecule has 11 heteroatoms. The number of likely N-dealkylation sites (N-methyl/N-ethyl adjacent to an activating group) is 1. The first kappa shape index (κ1) is 36.1. The number of hydrogen-bond acceptors (Lipinski definition) is 7. The number of carbonyl (C=O) groups excluding carboxylic acids is 4. The van der Waals surface area contributed by atoms with Gasteiger partial charge in [0.2, 0.25) is 11.8 Å². The highest BCUT2D eigenvalue weighted by Gasteiger charge is 2.75. The van der Waals surface area contributed by atoms with Gasteiger partial charge in [0.25, 0.3) is 5.91 Å². The molecule has 7 rings (SSSR count). The van der Waals surface area contributed by atoms with Crippen LogP contribution in [-0.4, -0.2) is 89.1 Å². The van der Waals surface area contributed by atoms with E-state index in [1.54, 1.807) is 21.7 Å². The van der Waals surface area contributed by atoms with Gasteiger partial charge in [0.15, 0.2) is 0 Å². The van der Waals surface area contributed by atoms with Gasteiger partial charge in [0.1, 0.15) is 29.8 Å². The van der Waals surface area contributed by atoms with Gasteiger partial charge in [-0.2, -0.15) is 0 Å². The van der Waals surface area contributed by atoms with E-state index in [1.807, 2.05) is 97.9 Å². The summed E-state index contributed by atoms with van der Waals surface area (Å²) >= 11 is 3.65. The number of rotatable bonds is 7. The molecule has 1 N–H and O–H groups in total. The Kier molecular flexibility index (Phi) is 10.4. The van der Waals surface area contributed by atoms with Gasteiger partial charge in [-0.3, -0.25) is 19.2 Å². The first-order valence-corrected chi connectivity index (χ1v) is 18.9. The van der Waals surface area contributed by atoms with Gasteiger partial charge in [0.05, 0.1) is 12.0 Å². The molecule has 3 amide bonds. The average Bonchev–Trinajstić information content (AvgIpc) is 3.75. The molecule has 4 heterocycles. The number of likely N-dealkylation sites (tertiary alicyclic amines) is 1. The third-order valence-electron chi connectivity index (χ3n) is 11.1. The maximum absolute atomic E-state index is 15.2. The molecule has 52 heavy (non-hydrogen) atoms. The average molecular weight is 771 g/mol. The Morgan fingerprint density at radius 2 is 1.63 bits per heavy atom. The molecule has 2 fully saturated rings. The number of anilines is 1. The molecule has 272 valence electrons. The summed E-state index contributed by atoms with van der Waals surface area (Å²) in [5.74, 6) is -3.44. The molecule has 4 aliphatic heterocycles. The highest BCUT2D eigenvalue weighted by atomic mass is 79.9. The van der Waals surface area contributed by atoms with E-state index in [4.69, 9.17) is 9.47 Å². The number of allylic oxidation sites excluding steroid dienone is 1.